The van der Waals surface area contributed by atoms with E-state index in [1.807, 2.05) is 36.4 Å². The molecule has 1 aromatic carbocycles. The lowest BCUT2D eigenvalue weighted by Gasteiger charge is -2.26. The Morgan fingerprint density at radius 1 is 1.22 bits per heavy atom. The van der Waals surface area contributed by atoms with E-state index in [1.54, 1.807) is 27.4 Å². The first kappa shape index (κ1) is 26.0. The van der Waals surface area contributed by atoms with Crippen LogP contribution >= 0.6 is 24.0 Å². The number of ether oxygens (including phenoxy) is 1. The minimum atomic E-state index is -0.0720. The number of rotatable bonds is 9. The Morgan fingerprint density at radius 2 is 2.00 bits per heavy atom. The number of halogens is 1. The molecule has 0 radical (unpaired) electrons. The van der Waals surface area contributed by atoms with E-state index in [0.29, 0.717) is 18.8 Å². The van der Waals surface area contributed by atoms with Crippen LogP contribution in [-0.2, 0) is 11.3 Å². The summed E-state index contributed by atoms with van der Waals surface area (Å²) in [5.74, 6) is 2.30. The summed E-state index contributed by atoms with van der Waals surface area (Å²) in [7, 11) is 5.19. The second-order valence-corrected chi connectivity index (χ2v) is 7.81. The van der Waals surface area contributed by atoms with E-state index in [1.165, 1.54) is 17.7 Å². The van der Waals surface area contributed by atoms with Crippen LogP contribution in [0.1, 0.15) is 30.2 Å². The van der Waals surface area contributed by atoms with Crippen molar-refractivity contribution in [3.8, 4) is 5.75 Å². The molecule has 1 fully saturated rings. The normalized spacial score (nSPS) is 15.0. The number of guanidine groups is 1. The van der Waals surface area contributed by atoms with Gasteiger partial charge < -0.3 is 24.7 Å². The Balaban J connectivity index is 0.00000363. The Hall–Kier alpha value is -2.27. The molecule has 8 nitrogen and oxygen atoms in total. The lowest BCUT2D eigenvalue weighted by atomic mass is 10.2. The molecule has 2 N–H and O–H groups in total. The second kappa shape index (κ2) is 13.3. The lowest BCUT2D eigenvalue weighted by Crippen LogP contribution is -2.42. The highest BCUT2D eigenvalue weighted by Crippen LogP contribution is 2.24. The van der Waals surface area contributed by atoms with Crippen LogP contribution in [0.2, 0.25) is 0 Å². The number of nitrogens with one attached hydrogen (secondary N) is 2. The quantitative estimate of drug-likeness (QED) is 0.282. The SMILES string of the molecule is CN=C(NCc1cccc(OCC(=O)N(C)C)c1)NCC(c1ccco1)N1CCCC1.I. The van der Waals surface area contributed by atoms with Crippen LogP contribution in [-0.4, -0.2) is 69.1 Å². The van der Waals surface area contributed by atoms with Gasteiger partial charge in [-0.2, -0.15) is 0 Å². The Morgan fingerprint density at radius 3 is 2.66 bits per heavy atom. The molecule has 2 heterocycles. The number of hydrogen-bond acceptors (Lipinski definition) is 5. The molecule has 0 saturated carbocycles. The van der Waals surface area contributed by atoms with Crippen molar-refractivity contribution in [2.75, 3.05) is 47.4 Å². The minimum Gasteiger partial charge on any atom is -0.484 e. The number of benzene rings is 1. The number of hydrogen-bond donors (Lipinski definition) is 2. The molecule has 1 unspecified atom stereocenters. The monoisotopic (exact) mass is 555 g/mol. The molecule has 1 aromatic heterocycles. The number of furan rings is 1. The fraction of sp³-hybridized carbons (Fsp3) is 0.478. The van der Waals surface area contributed by atoms with Crippen LogP contribution in [0.15, 0.2) is 52.1 Å². The Labute approximate surface area is 207 Å². The largest absolute Gasteiger partial charge is 0.484 e. The zero-order chi connectivity index (χ0) is 22.1. The van der Waals surface area contributed by atoms with Gasteiger partial charge in [0.2, 0.25) is 0 Å². The molecule has 176 valence electrons. The first-order valence-corrected chi connectivity index (χ1v) is 10.7. The molecule has 1 amide bonds. The van der Waals surface area contributed by atoms with E-state index >= 15 is 0 Å². The fourth-order valence-electron chi connectivity index (χ4n) is 3.56. The van der Waals surface area contributed by atoms with Gasteiger partial charge in [0.25, 0.3) is 5.91 Å². The van der Waals surface area contributed by atoms with Gasteiger partial charge in [0, 0.05) is 34.2 Å². The number of likely N-dealkylation sites (tertiary alicyclic amines) is 1. The van der Waals surface area contributed by atoms with Crippen molar-refractivity contribution < 1.29 is 13.9 Å². The van der Waals surface area contributed by atoms with E-state index in [4.69, 9.17) is 9.15 Å². The topological polar surface area (TPSA) is 82.3 Å². The second-order valence-electron chi connectivity index (χ2n) is 7.81. The molecule has 1 aliphatic rings. The molecule has 0 aliphatic carbocycles. The number of amides is 1. The molecular formula is C23H34IN5O3. The van der Waals surface area contributed by atoms with E-state index in [9.17, 15) is 4.79 Å². The van der Waals surface area contributed by atoms with E-state index < -0.39 is 0 Å². The van der Waals surface area contributed by atoms with Crippen molar-refractivity contribution in [3.63, 3.8) is 0 Å². The van der Waals surface area contributed by atoms with E-state index in [0.717, 1.165) is 30.4 Å². The van der Waals surface area contributed by atoms with Gasteiger partial charge in [0.05, 0.1) is 12.3 Å². The average molecular weight is 555 g/mol. The number of nitrogens with zero attached hydrogens (tertiary/aromatic N) is 3. The summed E-state index contributed by atoms with van der Waals surface area (Å²) >= 11 is 0. The average Bonchev–Trinajstić information content (AvgIpc) is 3.49. The molecule has 1 saturated heterocycles. The summed E-state index contributed by atoms with van der Waals surface area (Å²) in [5, 5.41) is 6.77. The van der Waals surface area contributed by atoms with Gasteiger partial charge in [0.1, 0.15) is 11.5 Å². The first-order valence-electron chi connectivity index (χ1n) is 10.7. The summed E-state index contributed by atoms with van der Waals surface area (Å²) in [6.07, 6.45) is 4.18. The smallest absolute Gasteiger partial charge is 0.259 e. The maximum Gasteiger partial charge on any atom is 0.259 e. The summed E-state index contributed by atoms with van der Waals surface area (Å²) in [6.45, 7) is 3.50. The lowest BCUT2D eigenvalue weighted by molar-refractivity contribution is -0.130. The maximum absolute atomic E-state index is 11.7. The van der Waals surface area contributed by atoms with Crippen molar-refractivity contribution in [1.82, 2.24) is 20.4 Å². The molecule has 1 atom stereocenters. The zero-order valence-corrected chi connectivity index (χ0v) is 21.4. The molecular weight excluding hydrogens is 521 g/mol. The fourth-order valence-corrected chi connectivity index (χ4v) is 3.56. The molecule has 0 bridgehead atoms. The number of likely N-dealkylation sites (N-methyl/N-ethyl adjacent to an activating group) is 1. The third-order valence-corrected chi connectivity index (χ3v) is 5.36. The van der Waals surface area contributed by atoms with E-state index in [2.05, 4.69) is 20.5 Å². The van der Waals surface area contributed by atoms with Crippen molar-refractivity contribution >= 4 is 35.8 Å². The third kappa shape index (κ3) is 7.70. The number of carbonyl (C=O) groups is 1. The van der Waals surface area contributed by atoms with E-state index in [-0.39, 0.29) is 42.5 Å². The Bertz CT molecular complexity index is 851. The van der Waals surface area contributed by atoms with Crippen LogP contribution in [0.4, 0.5) is 0 Å². The third-order valence-electron chi connectivity index (χ3n) is 5.36. The van der Waals surface area contributed by atoms with Crippen LogP contribution in [0.25, 0.3) is 0 Å². The molecule has 9 heteroatoms. The van der Waals surface area contributed by atoms with Gasteiger partial charge in [-0.15, -0.1) is 24.0 Å². The van der Waals surface area contributed by atoms with Crippen LogP contribution in [0, 0.1) is 0 Å². The van der Waals surface area contributed by atoms with Crippen molar-refractivity contribution in [3.05, 3.63) is 54.0 Å². The summed E-state index contributed by atoms with van der Waals surface area (Å²) in [6, 6.07) is 11.9. The Kier molecular flexibility index (Phi) is 10.8. The van der Waals surface area contributed by atoms with Crippen LogP contribution < -0.4 is 15.4 Å². The molecule has 1 aliphatic heterocycles. The highest BCUT2D eigenvalue weighted by Gasteiger charge is 2.25. The van der Waals surface area contributed by atoms with Gasteiger partial charge in [0.15, 0.2) is 12.6 Å². The summed E-state index contributed by atoms with van der Waals surface area (Å²) < 4.78 is 11.3. The van der Waals surface area contributed by atoms with Crippen LogP contribution in [0.3, 0.4) is 0 Å². The standard InChI is InChI=1S/C23H33N5O3.HI/c1-24-23(26-16-20(21-10-7-13-30-21)28-11-4-5-12-28)25-15-18-8-6-9-19(14-18)31-17-22(29)27(2)3;/h6-10,13-14,20H,4-5,11-12,15-17H2,1-3H3,(H2,24,25,26);1H. The van der Waals surface area contributed by atoms with Crippen molar-refractivity contribution in [2.45, 2.75) is 25.4 Å². The number of aliphatic imine (C=N–C) groups is 1. The van der Waals surface area contributed by atoms with Gasteiger partial charge in [-0.1, -0.05) is 12.1 Å². The maximum atomic E-state index is 11.7. The molecule has 3 rings (SSSR count). The van der Waals surface area contributed by atoms with Crippen molar-refractivity contribution in [2.24, 2.45) is 4.99 Å². The highest BCUT2D eigenvalue weighted by atomic mass is 127. The van der Waals surface area contributed by atoms with Crippen LogP contribution in [0.5, 0.6) is 5.75 Å². The predicted octanol–water partition coefficient (Wildman–Crippen LogP) is 2.87. The van der Waals surface area contributed by atoms with Gasteiger partial charge in [-0.05, 0) is 55.8 Å². The molecule has 32 heavy (non-hydrogen) atoms. The summed E-state index contributed by atoms with van der Waals surface area (Å²) in [4.78, 5) is 20.0. The summed E-state index contributed by atoms with van der Waals surface area (Å²) in [5.41, 5.74) is 1.04. The van der Waals surface area contributed by atoms with Gasteiger partial charge in [-0.3, -0.25) is 14.7 Å². The van der Waals surface area contributed by atoms with Gasteiger partial charge >= 0.3 is 0 Å². The number of carbonyl (C=O) groups excluding carboxylic acids is 1. The predicted molar refractivity (Wildman–Crippen MR) is 137 cm³/mol. The highest BCUT2D eigenvalue weighted by molar-refractivity contribution is 14.0. The molecule has 2 aromatic rings. The zero-order valence-electron chi connectivity index (χ0n) is 19.0. The first-order chi connectivity index (χ1) is 15.1. The minimum absolute atomic E-state index is 0. The molecule has 0 spiro atoms. The van der Waals surface area contributed by atoms with Crippen molar-refractivity contribution in [1.29, 1.82) is 0 Å². The van der Waals surface area contributed by atoms with Gasteiger partial charge in [-0.25, -0.2) is 0 Å².